The maximum atomic E-state index is 13.2. The molecule has 0 N–H and O–H groups in total. The van der Waals surface area contributed by atoms with E-state index in [9.17, 15) is 9.00 Å². The summed E-state index contributed by atoms with van der Waals surface area (Å²) in [6.45, 7) is 2.09. The van der Waals surface area contributed by atoms with Crippen LogP contribution in [0.15, 0.2) is 36.4 Å². The van der Waals surface area contributed by atoms with Gasteiger partial charge in [-0.3, -0.25) is 9.00 Å². The average Bonchev–Trinajstić information content (AvgIpc) is 2.55. The van der Waals surface area contributed by atoms with Crippen LogP contribution in [0, 0.1) is 12.8 Å². The van der Waals surface area contributed by atoms with E-state index < -0.39 is 10.8 Å². The second-order valence-electron chi connectivity index (χ2n) is 7.01. The molecule has 2 fully saturated rings. The van der Waals surface area contributed by atoms with Crippen molar-refractivity contribution in [1.82, 2.24) is 0 Å². The van der Waals surface area contributed by atoms with Crippen molar-refractivity contribution in [3.8, 4) is 0 Å². The Balaban J connectivity index is 1.70. The highest BCUT2D eigenvalue weighted by Crippen LogP contribution is 2.39. The van der Waals surface area contributed by atoms with E-state index in [4.69, 9.17) is 0 Å². The molecule has 23 heavy (non-hydrogen) atoms. The molecule has 2 aliphatic rings. The van der Waals surface area contributed by atoms with Gasteiger partial charge in [0.25, 0.3) is 0 Å². The van der Waals surface area contributed by atoms with Crippen molar-refractivity contribution in [2.24, 2.45) is 5.92 Å². The van der Waals surface area contributed by atoms with Gasteiger partial charge >= 0.3 is 0 Å². The van der Waals surface area contributed by atoms with Crippen molar-refractivity contribution >= 4 is 27.4 Å². The van der Waals surface area contributed by atoms with E-state index in [-0.39, 0.29) is 22.2 Å². The van der Waals surface area contributed by atoms with Gasteiger partial charge in [0.05, 0.1) is 0 Å². The topological polar surface area (TPSA) is 34.1 Å². The smallest absolute Gasteiger partial charge is 0.166 e. The molecule has 0 amide bonds. The number of hydrogen-bond donors (Lipinski definition) is 0. The lowest BCUT2D eigenvalue weighted by atomic mass is 9.83. The lowest BCUT2D eigenvalue weighted by molar-refractivity contribution is 0.0897. The minimum atomic E-state index is -0.713. The van der Waals surface area contributed by atoms with Crippen LogP contribution >= 0.6 is 0 Å². The molecule has 0 saturated carbocycles. The summed E-state index contributed by atoms with van der Waals surface area (Å²) in [5, 5.41) is 2.72. The van der Waals surface area contributed by atoms with Crippen molar-refractivity contribution in [3.63, 3.8) is 0 Å². The highest BCUT2D eigenvalue weighted by molar-refractivity contribution is 7.86. The molecule has 3 heteroatoms. The maximum absolute atomic E-state index is 13.2. The number of aryl methyl sites for hydroxylation is 1. The Morgan fingerprint density at radius 3 is 2.35 bits per heavy atom. The molecule has 2 unspecified atom stereocenters. The zero-order chi connectivity index (χ0) is 16.0. The Morgan fingerprint density at radius 1 is 1.00 bits per heavy atom. The van der Waals surface area contributed by atoms with Crippen molar-refractivity contribution in [1.29, 1.82) is 0 Å². The van der Waals surface area contributed by atoms with Gasteiger partial charge in [0.15, 0.2) is 5.78 Å². The van der Waals surface area contributed by atoms with Crippen molar-refractivity contribution in [2.75, 3.05) is 0 Å². The number of hydrogen-bond acceptors (Lipinski definition) is 2. The molecular weight excluding hydrogens is 304 g/mol. The first-order chi connectivity index (χ1) is 11.1. The fourth-order valence-corrected chi connectivity index (χ4v) is 6.52. The molecule has 2 atom stereocenters. The van der Waals surface area contributed by atoms with Gasteiger partial charge in [-0.25, -0.2) is 0 Å². The number of rotatable bonds is 2. The monoisotopic (exact) mass is 326 g/mol. The molecule has 2 aliphatic heterocycles. The average molecular weight is 326 g/mol. The van der Waals surface area contributed by atoms with Crippen LogP contribution in [0.3, 0.4) is 0 Å². The summed E-state index contributed by atoms with van der Waals surface area (Å²) in [5.74, 6) is 0.309. The van der Waals surface area contributed by atoms with Crippen LogP contribution in [0.2, 0.25) is 0 Å². The third kappa shape index (κ3) is 2.55. The Hall–Kier alpha value is -1.48. The molecule has 2 nitrogen and oxygen atoms in total. The van der Waals surface area contributed by atoms with Crippen molar-refractivity contribution in [2.45, 2.75) is 49.5 Å². The molecule has 2 saturated heterocycles. The summed E-state index contributed by atoms with van der Waals surface area (Å²) in [6.07, 6.45) is 4.85. The van der Waals surface area contributed by atoms with Crippen LogP contribution in [0.5, 0.6) is 0 Å². The van der Waals surface area contributed by atoms with Gasteiger partial charge in [-0.2, -0.15) is 0 Å². The van der Waals surface area contributed by atoms with E-state index in [2.05, 4.69) is 25.1 Å². The first-order valence-electron chi connectivity index (χ1n) is 8.57. The number of benzene rings is 2. The van der Waals surface area contributed by atoms with E-state index in [1.807, 2.05) is 18.2 Å². The fraction of sp³-hybridized carbons (Fsp3) is 0.450. The van der Waals surface area contributed by atoms with Crippen LogP contribution in [0.1, 0.15) is 48.0 Å². The molecule has 2 heterocycles. The summed E-state index contributed by atoms with van der Waals surface area (Å²) >= 11 is 0. The van der Waals surface area contributed by atoms with Gasteiger partial charge < -0.3 is 0 Å². The van der Waals surface area contributed by atoms with Crippen molar-refractivity contribution in [3.05, 3.63) is 47.5 Å². The summed E-state index contributed by atoms with van der Waals surface area (Å²) in [7, 11) is -0.713. The summed E-state index contributed by atoms with van der Waals surface area (Å²) < 4.78 is 12.4. The first-order valence-corrected chi connectivity index (χ1v) is 9.84. The summed E-state index contributed by atoms with van der Waals surface area (Å²) in [5.41, 5.74) is 2.06. The summed E-state index contributed by atoms with van der Waals surface area (Å²) in [4.78, 5) is 13.2. The maximum Gasteiger partial charge on any atom is 0.166 e. The molecule has 120 valence electrons. The van der Waals surface area contributed by atoms with Crippen LogP contribution in [-0.4, -0.2) is 20.5 Å². The Kier molecular flexibility index (Phi) is 3.84. The third-order valence-electron chi connectivity index (χ3n) is 5.58. The van der Waals surface area contributed by atoms with Crippen LogP contribution in [0.4, 0.5) is 0 Å². The van der Waals surface area contributed by atoms with Crippen LogP contribution in [0.25, 0.3) is 10.8 Å². The van der Waals surface area contributed by atoms with Crippen molar-refractivity contribution < 1.29 is 9.00 Å². The molecule has 2 aromatic carbocycles. The standard InChI is InChI=1S/C20H22O2S/c1-13-9-10-19(18-8-3-2-7-17(13)18)20(21)14-11-15-5-4-6-16(12-14)23(15)22/h2-3,7-10,14-16H,4-6,11-12H2,1H3. The molecule has 2 aromatic rings. The fourth-order valence-electron chi connectivity index (χ4n) is 4.33. The Labute approximate surface area is 139 Å². The van der Waals surface area contributed by atoms with Gasteiger partial charge in [-0.05, 0) is 48.9 Å². The Morgan fingerprint density at radius 2 is 1.65 bits per heavy atom. The van der Waals surface area contributed by atoms with E-state index in [0.29, 0.717) is 0 Å². The number of ketones is 1. The zero-order valence-electron chi connectivity index (χ0n) is 13.5. The number of carbonyl (C=O) groups is 1. The van der Waals surface area contributed by atoms with E-state index in [1.54, 1.807) is 0 Å². The SMILES string of the molecule is Cc1ccc(C(=O)C2CC3CCCC(C2)S3=O)c2ccccc12. The molecule has 0 aliphatic carbocycles. The van der Waals surface area contributed by atoms with Crippen LogP contribution in [-0.2, 0) is 10.8 Å². The minimum Gasteiger partial charge on any atom is -0.294 e. The highest BCUT2D eigenvalue weighted by atomic mass is 32.2. The number of fused-ring (bicyclic) bond motifs is 3. The second kappa shape index (κ2) is 5.86. The predicted molar refractivity (Wildman–Crippen MR) is 95.3 cm³/mol. The lowest BCUT2D eigenvalue weighted by Gasteiger charge is -2.37. The molecule has 0 aromatic heterocycles. The van der Waals surface area contributed by atoms with Gasteiger partial charge in [-0.15, -0.1) is 0 Å². The predicted octanol–water partition coefficient (Wildman–Crippen LogP) is 4.41. The molecule has 0 radical (unpaired) electrons. The highest BCUT2D eigenvalue weighted by Gasteiger charge is 2.40. The quantitative estimate of drug-likeness (QED) is 0.766. The van der Waals surface area contributed by atoms with E-state index in [0.717, 1.165) is 42.0 Å². The van der Waals surface area contributed by atoms with E-state index in [1.165, 1.54) is 12.0 Å². The van der Waals surface area contributed by atoms with Gasteiger partial charge in [0, 0.05) is 32.8 Å². The molecular formula is C20H22O2S. The van der Waals surface area contributed by atoms with Gasteiger partial charge in [0.2, 0.25) is 0 Å². The molecule has 2 bridgehead atoms. The Bertz CT molecular complexity index is 779. The van der Waals surface area contributed by atoms with E-state index >= 15 is 0 Å². The zero-order valence-corrected chi connectivity index (χ0v) is 14.3. The largest absolute Gasteiger partial charge is 0.294 e. The van der Waals surface area contributed by atoms with Gasteiger partial charge in [-0.1, -0.05) is 42.8 Å². The normalized spacial score (nSPS) is 30.3. The number of carbonyl (C=O) groups excluding carboxylic acids is 1. The minimum absolute atomic E-state index is 0.0501. The lowest BCUT2D eigenvalue weighted by Crippen LogP contribution is -2.41. The summed E-state index contributed by atoms with van der Waals surface area (Å²) in [6, 6.07) is 12.2. The van der Waals surface area contributed by atoms with Crippen LogP contribution < -0.4 is 0 Å². The first kappa shape index (κ1) is 15.1. The molecule has 0 spiro atoms. The third-order valence-corrected chi connectivity index (χ3v) is 7.75. The second-order valence-corrected chi connectivity index (χ2v) is 9.00. The number of Topliss-reactive ketones (excluding diaryl/α,β-unsaturated/α-hetero) is 1. The van der Waals surface area contributed by atoms with Gasteiger partial charge in [0.1, 0.15) is 0 Å². The molecule has 4 rings (SSSR count).